The number of hydrogen-bond donors (Lipinski definition) is 2. The first kappa shape index (κ1) is 12.5. The molecule has 0 saturated carbocycles. The molecule has 0 aliphatic rings. The summed E-state index contributed by atoms with van der Waals surface area (Å²) in [4.78, 5) is 10.7. The highest BCUT2D eigenvalue weighted by atomic mass is 16.3. The standard InChI is InChI=1S/C11H14O3/c1-3-10(8-9(2)13)4-5-11(14)6-7-12/h1,4-5,12,14H,6-8H2,2H3/b10-4+,11-5+. The van der Waals surface area contributed by atoms with Gasteiger partial charge in [0.25, 0.3) is 0 Å². The normalized spacial score (nSPS) is 12.4. The molecule has 0 aliphatic heterocycles. The number of carbonyl (C=O) groups is 1. The third-order valence-corrected chi connectivity index (χ3v) is 1.47. The topological polar surface area (TPSA) is 57.5 Å². The van der Waals surface area contributed by atoms with Crippen molar-refractivity contribution >= 4 is 5.78 Å². The van der Waals surface area contributed by atoms with E-state index in [1.165, 1.54) is 19.1 Å². The van der Waals surface area contributed by atoms with Gasteiger partial charge in [-0.15, -0.1) is 6.42 Å². The molecule has 0 unspecified atom stereocenters. The molecule has 0 aromatic carbocycles. The Balaban J connectivity index is 4.39. The first-order valence-electron chi connectivity index (χ1n) is 4.25. The molecule has 0 amide bonds. The van der Waals surface area contributed by atoms with Crippen LogP contribution in [0.1, 0.15) is 19.8 Å². The minimum absolute atomic E-state index is 0.0238. The summed E-state index contributed by atoms with van der Waals surface area (Å²) in [5, 5.41) is 17.6. The van der Waals surface area contributed by atoms with Gasteiger partial charge in [-0.1, -0.05) is 5.92 Å². The Morgan fingerprint density at radius 2 is 2.14 bits per heavy atom. The molecule has 0 radical (unpaired) electrons. The van der Waals surface area contributed by atoms with Gasteiger partial charge in [-0.3, -0.25) is 4.79 Å². The molecule has 0 rings (SSSR count). The van der Waals surface area contributed by atoms with Crippen LogP contribution in [0.25, 0.3) is 0 Å². The van der Waals surface area contributed by atoms with Crippen LogP contribution in [-0.2, 0) is 4.79 Å². The van der Waals surface area contributed by atoms with Crippen LogP contribution >= 0.6 is 0 Å². The van der Waals surface area contributed by atoms with Gasteiger partial charge in [0.05, 0.1) is 12.4 Å². The van der Waals surface area contributed by atoms with Crippen molar-refractivity contribution in [1.29, 1.82) is 0 Å². The summed E-state index contributed by atoms with van der Waals surface area (Å²) in [5.74, 6) is 2.37. The zero-order valence-electron chi connectivity index (χ0n) is 8.16. The van der Waals surface area contributed by atoms with E-state index in [1.807, 2.05) is 0 Å². The number of allylic oxidation sites excluding steroid dienone is 3. The van der Waals surface area contributed by atoms with E-state index in [1.54, 1.807) is 0 Å². The lowest BCUT2D eigenvalue weighted by Crippen LogP contribution is -1.92. The molecule has 0 saturated heterocycles. The van der Waals surface area contributed by atoms with Crippen LogP contribution in [0.5, 0.6) is 0 Å². The summed E-state index contributed by atoms with van der Waals surface area (Å²) in [6, 6.07) is 0. The van der Waals surface area contributed by atoms with Crippen molar-refractivity contribution in [2.45, 2.75) is 19.8 Å². The first-order valence-corrected chi connectivity index (χ1v) is 4.25. The van der Waals surface area contributed by atoms with Gasteiger partial charge in [0, 0.05) is 18.4 Å². The largest absolute Gasteiger partial charge is 0.512 e. The van der Waals surface area contributed by atoms with Gasteiger partial charge in [-0.2, -0.15) is 0 Å². The molecule has 3 heteroatoms. The molecule has 3 nitrogen and oxygen atoms in total. The highest BCUT2D eigenvalue weighted by molar-refractivity contribution is 5.79. The molecule has 0 heterocycles. The minimum Gasteiger partial charge on any atom is -0.512 e. The van der Waals surface area contributed by atoms with E-state index in [0.29, 0.717) is 5.57 Å². The molecule has 14 heavy (non-hydrogen) atoms. The molecule has 76 valence electrons. The fourth-order valence-corrected chi connectivity index (χ4v) is 0.821. The van der Waals surface area contributed by atoms with E-state index in [9.17, 15) is 4.79 Å². The quantitative estimate of drug-likeness (QED) is 0.394. The lowest BCUT2D eigenvalue weighted by molar-refractivity contribution is -0.116. The van der Waals surface area contributed by atoms with Gasteiger partial charge in [-0.05, 0) is 19.1 Å². The van der Waals surface area contributed by atoms with E-state index < -0.39 is 0 Å². The molecule has 0 aliphatic carbocycles. The van der Waals surface area contributed by atoms with Crippen molar-refractivity contribution in [3.05, 3.63) is 23.5 Å². The van der Waals surface area contributed by atoms with Crippen LogP contribution < -0.4 is 0 Å². The maximum atomic E-state index is 10.7. The monoisotopic (exact) mass is 194 g/mol. The van der Waals surface area contributed by atoms with E-state index >= 15 is 0 Å². The van der Waals surface area contributed by atoms with Crippen LogP contribution in [0.4, 0.5) is 0 Å². The second kappa shape index (κ2) is 6.93. The van der Waals surface area contributed by atoms with Crippen molar-refractivity contribution in [2.24, 2.45) is 0 Å². The summed E-state index contributed by atoms with van der Waals surface area (Å²) in [5.41, 5.74) is 0.516. The highest BCUT2D eigenvalue weighted by Crippen LogP contribution is 2.03. The fraction of sp³-hybridized carbons (Fsp3) is 0.364. The smallest absolute Gasteiger partial charge is 0.134 e. The maximum Gasteiger partial charge on any atom is 0.134 e. The summed E-state index contributed by atoms with van der Waals surface area (Å²) in [7, 11) is 0. The van der Waals surface area contributed by atoms with Crippen LogP contribution in [-0.4, -0.2) is 22.6 Å². The Morgan fingerprint density at radius 1 is 1.50 bits per heavy atom. The predicted molar refractivity (Wildman–Crippen MR) is 54.6 cm³/mol. The second-order valence-electron chi connectivity index (χ2n) is 2.85. The predicted octanol–water partition coefficient (Wildman–Crippen LogP) is 1.35. The van der Waals surface area contributed by atoms with Crippen molar-refractivity contribution in [1.82, 2.24) is 0 Å². The van der Waals surface area contributed by atoms with Gasteiger partial charge < -0.3 is 10.2 Å². The molecule has 0 atom stereocenters. The summed E-state index contributed by atoms with van der Waals surface area (Å²) >= 11 is 0. The number of terminal acetylenes is 1. The van der Waals surface area contributed by atoms with Gasteiger partial charge in [0.1, 0.15) is 5.78 Å². The van der Waals surface area contributed by atoms with E-state index in [-0.39, 0.29) is 31.0 Å². The van der Waals surface area contributed by atoms with Crippen LogP contribution in [0.15, 0.2) is 23.5 Å². The number of carbonyl (C=O) groups excluding carboxylic acids is 1. The summed E-state index contributed by atoms with van der Waals surface area (Å²) in [6.45, 7) is 1.33. The number of hydrogen-bond acceptors (Lipinski definition) is 3. The SMILES string of the molecule is C#C/C(=C\C=C(\O)CCO)CC(C)=O. The molecule has 2 N–H and O–H groups in total. The number of rotatable bonds is 5. The number of ketones is 1. The van der Waals surface area contributed by atoms with E-state index in [4.69, 9.17) is 16.6 Å². The Bertz CT molecular complexity index is 292. The molecule has 0 spiro atoms. The molecule has 0 bridgehead atoms. The van der Waals surface area contributed by atoms with Crippen molar-refractivity contribution in [3.63, 3.8) is 0 Å². The molecule has 0 aromatic heterocycles. The number of aliphatic hydroxyl groups is 2. The van der Waals surface area contributed by atoms with Gasteiger partial charge in [0.2, 0.25) is 0 Å². The number of aliphatic hydroxyl groups excluding tert-OH is 2. The maximum absolute atomic E-state index is 10.7. The zero-order valence-corrected chi connectivity index (χ0v) is 8.16. The van der Waals surface area contributed by atoms with E-state index in [2.05, 4.69) is 5.92 Å². The second-order valence-corrected chi connectivity index (χ2v) is 2.85. The van der Waals surface area contributed by atoms with Crippen molar-refractivity contribution in [3.8, 4) is 12.3 Å². The molecule has 0 aromatic rings. The lowest BCUT2D eigenvalue weighted by Gasteiger charge is -1.95. The minimum atomic E-state index is -0.117. The average molecular weight is 194 g/mol. The van der Waals surface area contributed by atoms with Gasteiger partial charge in [0.15, 0.2) is 0 Å². The number of Topliss-reactive ketones (excluding diaryl/α,β-unsaturated/α-hetero) is 1. The fourth-order valence-electron chi connectivity index (χ4n) is 0.821. The van der Waals surface area contributed by atoms with Crippen LogP contribution in [0.3, 0.4) is 0 Å². The van der Waals surface area contributed by atoms with Crippen LogP contribution in [0.2, 0.25) is 0 Å². The van der Waals surface area contributed by atoms with Gasteiger partial charge in [-0.25, -0.2) is 0 Å². The van der Waals surface area contributed by atoms with E-state index in [0.717, 1.165) is 0 Å². The van der Waals surface area contributed by atoms with Crippen molar-refractivity contribution in [2.75, 3.05) is 6.61 Å². The summed E-state index contributed by atoms with van der Waals surface area (Å²) < 4.78 is 0. The third kappa shape index (κ3) is 6.04. The highest BCUT2D eigenvalue weighted by Gasteiger charge is 1.97. The Hall–Kier alpha value is -1.53. The molecular formula is C11H14O3. The zero-order chi connectivity index (χ0) is 11.0. The lowest BCUT2D eigenvalue weighted by atomic mass is 10.1. The summed E-state index contributed by atoms with van der Waals surface area (Å²) in [6.07, 6.45) is 8.44. The average Bonchev–Trinajstić information content (AvgIpc) is 2.12. The molecule has 0 fully saturated rings. The van der Waals surface area contributed by atoms with Gasteiger partial charge >= 0.3 is 0 Å². The Labute approximate surface area is 83.8 Å². The first-order chi connectivity index (χ1) is 6.60. The third-order valence-electron chi connectivity index (χ3n) is 1.47. The Morgan fingerprint density at radius 3 is 2.57 bits per heavy atom. The van der Waals surface area contributed by atoms with Crippen molar-refractivity contribution < 1.29 is 15.0 Å². The molecular weight excluding hydrogens is 180 g/mol. The van der Waals surface area contributed by atoms with Crippen LogP contribution in [0, 0.1) is 12.3 Å². The Kier molecular flexibility index (Phi) is 6.17.